The third-order valence-corrected chi connectivity index (χ3v) is 5.65. The van der Waals surface area contributed by atoms with E-state index in [0.29, 0.717) is 11.4 Å². The highest BCUT2D eigenvalue weighted by Crippen LogP contribution is 2.38. The summed E-state index contributed by atoms with van der Waals surface area (Å²) in [5, 5.41) is 10.4. The second kappa shape index (κ2) is 8.23. The van der Waals surface area contributed by atoms with Crippen molar-refractivity contribution in [3.8, 4) is 17.1 Å². The molecule has 0 aliphatic carbocycles. The largest absolute Gasteiger partial charge is 0.434 e. The van der Waals surface area contributed by atoms with E-state index in [9.17, 15) is 13.2 Å². The van der Waals surface area contributed by atoms with Crippen molar-refractivity contribution in [1.29, 1.82) is 0 Å². The molecule has 0 aliphatic rings. The zero-order valence-corrected chi connectivity index (χ0v) is 17.7. The molecule has 4 aromatic rings. The maximum absolute atomic E-state index is 13.9. The highest BCUT2D eigenvalue weighted by atomic mass is 32.1. The van der Waals surface area contributed by atoms with Gasteiger partial charge in [-0.15, -0.1) is 11.3 Å². The monoisotopic (exact) mass is 449 g/mol. The van der Waals surface area contributed by atoms with Gasteiger partial charge in [-0.25, -0.2) is 9.67 Å². The number of methoxy groups -OCH3 is 1. The molecule has 0 bridgehead atoms. The molecule has 1 aromatic carbocycles. The van der Waals surface area contributed by atoms with E-state index in [0.717, 1.165) is 21.4 Å². The second-order valence-electron chi connectivity index (χ2n) is 6.90. The number of ether oxygens (including phenoxy) is 1. The lowest BCUT2D eigenvalue weighted by Crippen LogP contribution is -2.14. The van der Waals surface area contributed by atoms with Crippen molar-refractivity contribution in [2.75, 3.05) is 7.11 Å². The van der Waals surface area contributed by atoms with E-state index < -0.39 is 11.9 Å². The molecule has 3 aromatic heterocycles. The molecule has 0 N–H and O–H groups in total. The van der Waals surface area contributed by atoms with E-state index in [-0.39, 0.29) is 29.8 Å². The van der Waals surface area contributed by atoms with Gasteiger partial charge in [-0.3, -0.25) is 0 Å². The average molecular weight is 449 g/mol. The maximum Gasteiger partial charge on any atom is 0.434 e. The zero-order valence-electron chi connectivity index (χ0n) is 16.8. The van der Waals surface area contributed by atoms with Gasteiger partial charge in [-0.2, -0.15) is 23.3 Å². The summed E-state index contributed by atoms with van der Waals surface area (Å²) < 4.78 is 52.9. The SMILES string of the molecule is COC(C)c1nc(Cc2noc(-c3cnn(-c4cccc(C)c4)c3C(F)(F)F)n2)cs1. The smallest absolute Gasteiger partial charge is 0.375 e. The van der Waals surface area contributed by atoms with Crippen LogP contribution in [0.15, 0.2) is 40.4 Å². The van der Waals surface area contributed by atoms with Crippen LogP contribution >= 0.6 is 11.3 Å². The molecule has 0 radical (unpaired) electrons. The molecule has 1 unspecified atom stereocenters. The lowest BCUT2D eigenvalue weighted by atomic mass is 10.2. The van der Waals surface area contributed by atoms with Crippen LogP contribution in [0.5, 0.6) is 0 Å². The number of thiazole rings is 1. The number of rotatable bonds is 6. The molecule has 0 aliphatic heterocycles. The van der Waals surface area contributed by atoms with E-state index in [1.165, 1.54) is 11.3 Å². The van der Waals surface area contributed by atoms with E-state index >= 15 is 0 Å². The van der Waals surface area contributed by atoms with Crippen LogP contribution < -0.4 is 0 Å². The Hall–Kier alpha value is -3.05. The number of halogens is 3. The summed E-state index contributed by atoms with van der Waals surface area (Å²) in [7, 11) is 1.59. The summed E-state index contributed by atoms with van der Waals surface area (Å²) in [5.41, 5.74) is 0.536. The van der Waals surface area contributed by atoms with Crippen LogP contribution in [0.2, 0.25) is 0 Å². The minimum Gasteiger partial charge on any atom is -0.375 e. The topological polar surface area (TPSA) is 78.9 Å². The summed E-state index contributed by atoms with van der Waals surface area (Å²) >= 11 is 1.43. The molecule has 31 heavy (non-hydrogen) atoms. The van der Waals surface area contributed by atoms with E-state index in [1.54, 1.807) is 38.3 Å². The highest BCUT2D eigenvalue weighted by molar-refractivity contribution is 7.09. The van der Waals surface area contributed by atoms with Gasteiger partial charge in [0.1, 0.15) is 11.1 Å². The summed E-state index contributed by atoms with van der Waals surface area (Å²) in [6.45, 7) is 3.67. The number of aromatic nitrogens is 5. The summed E-state index contributed by atoms with van der Waals surface area (Å²) in [5.74, 6) is -0.0182. The first kappa shape index (κ1) is 21.2. The molecule has 1 atom stereocenters. The predicted molar refractivity (Wildman–Crippen MR) is 107 cm³/mol. The molecule has 7 nitrogen and oxygen atoms in total. The van der Waals surface area contributed by atoms with Crippen LogP contribution in [0, 0.1) is 6.92 Å². The number of alkyl halides is 3. The Bertz CT molecular complexity index is 1200. The molecular weight excluding hydrogens is 431 g/mol. The fraction of sp³-hybridized carbons (Fsp3) is 0.300. The molecule has 4 rings (SSSR count). The first-order chi connectivity index (χ1) is 14.8. The summed E-state index contributed by atoms with van der Waals surface area (Å²) in [4.78, 5) is 8.59. The number of hydrogen-bond donors (Lipinski definition) is 0. The van der Waals surface area contributed by atoms with Gasteiger partial charge >= 0.3 is 6.18 Å². The van der Waals surface area contributed by atoms with Crippen molar-refractivity contribution in [2.45, 2.75) is 32.5 Å². The lowest BCUT2D eigenvalue weighted by Gasteiger charge is -2.12. The van der Waals surface area contributed by atoms with Crippen molar-refractivity contribution < 1.29 is 22.4 Å². The highest BCUT2D eigenvalue weighted by Gasteiger charge is 2.40. The van der Waals surface area contributed by atoms with Gasteiger partial charge in [0, 0.05) is 12.5 Å². The fourth-order valence-electron chi connectivity index (χ4n) is 3.02. The third-order valence-electron chi connectivity index (χ3n) is 4.59. The number of hydrogen-bond acceptors (Lipinski definition) is 7. The van der Waals surface area contributed by atoms with Gasteiger partial charge in [0.15, 0.2) is 11.5 Å². The Morgan fingerprint density at radius 1 is 1.26 bits per heavy atom. The van der Waals surface area contributed by atoms with Crippen molar-refractivity contribution in [3.63, 3.8) is 0 Å². The lowest BCUT2D eigenvalue weighted by molar-refractivity contribution is -0.142. The molecule has 0 saturated heterocycles. The van der Waals surface area contributed by atoms with Crippen LogP contribution in [0.25, 0.3) is 17.1 Å². The molecule has 162 valence electrons. The molecule has 3 heterocycles. The van der Waals surface area contributed by atoms with Gasteiger partial charge in [0.2, 0.25) is 0 Å². The zero-order chi connectivity index (χ0) is 22.2. The Kier molecular flexibility index (Phi) is 5.63. The predicted octanol–water partition coefficient (Wildman–Crippen LogP) is 5.00. The summed E-state index contributed by atoms with van der Waals surface area (Å²) in [6.07, 6.45) is -3.51. The van der Waals surface area contributed by atoms with Crippen molar-refractivity contribution in [2.24, 2.45) is 0 Å². The Morgan fingerprint density at radius 2 is 2.06 bits per heavy atom. The van der Waals surface area contributed by atoms with Crippen LogP contribution in [0.1, 0.15) is 40.8 Å². The molecule has 0 spiro atoms. The van der Waals surface area contributed by atoms with Gasteiger partial charge in [0.25, 0.3) is 5.89 Å². The first-order valence-electron chi connectivity index (χ1n) is 9.28. The van der Waals surface area contributed by atoms with E-state index in [4.69, 9.17) is 9.26 Å². The third kappa shape index (κ3) is 4.37. The molecule has 11 heteroatoms. The average Bonchev–Trinajstić information content (AvgIpc) is 3.46. The Morgan fingerprint density at radius 3 is 2.77 bits per heavy atom. The van der Waals surface area contributed by atoms with Gasteiger partial charge in [-0.1, -0.05) is 17.3 Å². The normalized spacial score (nSPS) is 13.0. The summed E-state index contributed by atoms with van der Waals surface area (Å²) in [6, 6.07) is 6.64. The number of nitrogens with zero attached hydrogens (tertiary/aromatic N) is 5. The van der Waals surface area contributed by atoms with Crippen LogP contribution in [-0.4, -0.2) is 32.0 Å². The van der Waals surface area contributed by atoms with Crippen LogP contribution in [0.3, 0.4) is 0 Å². The molecule has 0 amide bonds. The quantitative estimate of drug-likeness (QED) is 0.412. The van der Waals surface area contributed by atoms with E-state index in [2.05, 4.69) is 20.2 Å². The minimum atomic E-state index is -4.68. The fourth-order valence-corrected chi connectivity index (χ4v) is 3.87. The molecule has 0 saturated carbocycles. The first-order valence-corrected chi connectivity index (χ1v) is 10.2. The van der Waals surface area contributed by atoms with Crippen molar-refractivity contribution in [3.05, 3.63) is 63.6 Å². The van der Waals surface area contributed by atoms with Crippen LogP contribution in [0.4, 0.5) is 13.2 Å². The van der Waals surface area contributed by atoms with Gasteiger partial charge < -0.3 is 9.26 Å². The standard InChI is InChI=1S/C20H18F3N5O2S/c1-11-5-4-6-14(7-11)28-17(20(21,22)23)15(9-24-28)18-26-16(27-30-18)8-13-10-31-19(25-13)12(2)29-3/h4-7,9-10,12H,8H2,1-3H3. The molecular formula is C20H18F3N5O2S. The van der Waals surface area contributed by atoms with Crippen molar-refractivity contribution in [1.82, 2.24) is 24.9 Å². The van der Waals surface area contributed by atoms with Crippen molar-refractivity contribution >= 4 is 11.3 Å². The van der Waals surface area contributed by atoms with Gasteiger partial charge in [0.05, 0.1) is 29.6 Å². The minimum absolute atomic E-state index is 0.151. The maximum atomic E-state index is 13.9. The Balaban J connectivity index is 1.66. The number of aryl methyl sites for hydroxylation is 1. The molecule has 0 fully saturated rings. The second-order valence-corrected chi connectivity index (χ2v) is 7.79. The Labute approximate surface area is 179 Å². The number of benzene rings is 1. The van der Waals surface area contributed by atoms with Gasteiger partial charge in [-0.05, 0) is 31.5 Å². The van der Waals surface area contributed by atoms with E-state index in [1.807, 2.05) is 12.3 Å². The van der Waals surface area contributed by atoms with Crippen LogP contribution in [-0.2, 0) is 17.3 Å².